The van der Waals surface area contributed by atoms with Crippen molar-refractivity contribution in [3.05, 3.63) is 0 Å². The predicted octanol–water partition coefficient (Wildman–Crippen LogP) is 3.56. The van der Waals surface area contributed by atoms with Gasteiger partial charge in [0.2, 0.25) is 0 Å². The van der Waals surface area contributed by atoms with Gasteiger partial charge in [0.1, 0.15) is 0 Å². The van der Waals surface area contributed by atoms with E-state index >= 15 is 0 Å². The number of hydrogen-bond acceptors (Lipinski definition) is 2. The Morgan fingerprint density at radius 2 is 1.82 bits per heavy atom. The molecular formula is C15H31NO. The first-order valence-corrected chi connectivity index (χ1v) is 7.22. The van der Waals surface area contributed by atoms with Gasteiger partial charge in [-0.3, -0.25) is 0 Å². The van der Waals surface area contributed by atoms with Gasteiger partial charge in [-0.25, -0.2) is 0 Å². The quantitative estimate of drug-likeness (QED) is 0.705. The summed E-state index contributed by atoms with van der Waals surface area (Å²) < 4.78 is 5.16. The van der Waals surface area contributed by atoms with Crippen LogP contribution in [0.25, 0.3) is 0 Å². The van der Waals surface area contributed by atoms with Crippen molar-refractivity contribution < 1.29 is 4.74 Å². The zero-order chi connectivity index (χ0) is 12.7. The zero-order valence-corrected chi connectivity index (χ0v) is 12.3. The van der Waals surface area contributed by atoms with Crippen molar-refractivity contribution in [2.24, 2.45) is 11.3 Å². The second kappa shape index (κ2) is 7.38. The summed E-state index contributed by atoms with van der Waals surface area (Å²) in [5, 5.41) is 0. The van der Waals surface area contributed by atoms with Gasteiger partial charge in [0, 0.05) is 13.7 Å². The largest absolute Gasteiger partial charge is 0.385 e. The molecule has 0 radical (unpaired) electrons. The number of rotatable bonds is 6. The van der Waals surface area contributed by atoms with Crippen LogP contribution in [0.5, 0.6) is 0 Å². The minimum atomic E-state index is 0.497. The molecule has 0 aromatic heterocycles. The summed E-state index contributed by atoms with van der Waals surface area (Å²) >= 11 is 0. The minimum Gasteiger partial charge on any atom is -0.385 e. The summed E-state index contributed by atoms with van der Waals surface area (Å²) in [5.74, 6) is 0.911. The van der Waals surface area contributed by atoms with E-state index in [0.717, 1.165) is 12.5 Å². The molecule has 0 atom stereocenters. The third kappa shape index (κ3) is 7.05. The van der Waals surface area contributed by atoms with Gasteiger partial charge in [0.05, 0.1) is 0 Å². The lowest BCUT2D eigenvalue weighted by Crippen LogP contribution is -2.35. The van der Waals surface area contributed by atoms with Crippen molar-refractivity contribution in [1.82, 2.24) is 4.90 Å². The first-order valence-electron chi connectivity index (χ1n) is 7.22. The summed E-state index contributed by atoms with van der Waals surface area (Å²) in [5.41, 5.74) is 0.497. The first kappa shape index (κ1) is 15.0. The second-order valence-electron chi connectivity index (χ2n) is 6.73. The summed E-state index contributed by atoms with van der Waals surface area (Å²) in [4.78, 5) is 2.65. The fraction of sp³-hybridized carbons (Fsp3) is 1.00. The molecule has 0 unspecified atom stereocenters. The maximum atomic E-state index is 5.16. The number of nitrogens with zero attached hydrogens (tertiary/aromatic N) is 1. The molecule has 0 bridgehead atoms. The number of piperidine rings is 1. The molecule has 0 spiro atoms. The molecule has 0 aromatic carbocycles. The summed E-state index contributed by atoms with van der Waals surface area (Å²) in [6.07, 6.45) is 6.70. The van der Waals surface area contributed by atoms with Gasteiger partial charge < -0.3 is 9.64 Å². The van der Waals surface area contributed by atoms with Gasteiger partial charge in [0.25, 0.3) is 0 Å². The Labute approximate surface area is 108 Å². The Bertz CT molecular complexity index is 190. The Morgan fingerprint density at radius 1 is 1.18 bits per heavy atom. The van der Waals surface area contributed by atoms with Crippen LogP contribution < -0.4 is 0 Å². The highest BCUT2D eigenvalue weighted by atomic mass is 16.5. The van der Waals surface area contributed by atoms with Crippen LogP contribution in [0.2, 0.25) is 0 Å². The molecule has 2 heteroatoms. The normalized spacial score (nSPS) is 19.8. The Hall–Kier alpha value is -0.0800. The summed E-state index contributed by atoms with van der Waals surface area (Å²) in [6, 6.07) is 0. The van der Waals surface area contributed by atoms with E-state index < -0.39 is 0 Å². The standard InChI is InChI=1S/C15H31NO/c1-15(2,3)9-5-10-16-11-6-14(7-12-16)8-13-17-4/h14H,5-13H2,1-4H3. The van der Waals surface area contributed by atoms with Crippen molar-refractivity contribution in [1.29, 1.82) is 0 Å². The maximum Gasteiger partial charge on any atom is 0.0464 e. The van der Waals surface area contributed by atoms with E-state index in [2.05, 4.69) is 25.7 Å². The SMILES string of the molecule is COCCC1CCN(CCCC(C)(C)C)CC1. The molecular weight excluding hydrogens is 210 g/mol. The van der Waals surface area contributed by atoms with E-state index in [9.17, 15) is 0 Å². The number of methoxy groups -OCH3 is 1. The van der Waals surface area contributed by atoms with Gasteiger partial charge >= 0.3 is 0 Å². The Morgan fingerprint density at radius 3 is 2.35 bits per heavy atom. The fourth-order valence-electron chi connectivity index (χ4n) is 2.62. The zero-order valence-electron chi connectivity index (χ0n) is 12.3. The molecule has 0 N–H and O–H groups in total. The average molecular weight is 241 g/mol. The van der Waals surface area contributed by atoms with Gasteiger partial charge in [-0.15, -0.1) is 0 Å². The van der Waals surface area contributed by atoms with Crippen molar-refractivity contribution in [2.75, 3.05) is 33.4 Å². The van der Waals surface area contributed by atoms with Gasteiger partial charge in [-0.2, -0.15) is 0 Å². The van der Waals surface area contributed by atoms with E-state index in [1.807, 2.05) is 7.11 Å². The number of ether oxygens (including phenoxy) is 1. The van der Waals surface area contributed by atoms with E-state index in [1.54, 1.807) is 0 Å². The van der Waals surface area contributed by atoms with Crippen LogP contribution in [0.4, 0.5) is 0 Å². The monoisotopic (exact) mass is 241 g/mol. The van der Waals surface area contributed by atoms with Crippen LogP contribution in [0, 0.1) is 11.3 Å². The minimum absolute atomic E-state index is 0.497. The Balaban J connectivity index is 2.07. The van der Waals surface area contributed by atoms with Crippen LogP contribution >= 0.6 is 0 Å². The van der Waals surface area contributed by atoms with Crippen LogP contribution in [0.3, 0.4) is 0 Å². The molecule has 17 heavy (non-hydrogen) atoms. The molecule has 0 aromatic rings. The van der Waals surface area contributed by atoms with Gasteiger partial charge in [-0.05, 0) is 63.1 Å². The predicted molar refractivity (Wildman–Crippen MR) is 74.3 cm³/mol. The molecule has 1 aliphatic rings. The molecule has 1 heterocycles. The molecule has 1 rings (SSSR count). The van der Waals surface area contributed by atoms with Crippen LogP contribution in [0.15, 0.2) is 0 Å². The summed E-state index contributed by atoms with van der Waals surface area (Å²) in [7, 11) is 1.81. The lowest BCUT2D eigenvalue weighted by atomic mass is 9.90. The van der Waals surface area contributed by atoms with Crippen molar-refractivity contribution in [3.63, 3.8) is 0 Å². The van der Waals surface area contributed by atoms with E-state index in [4.69, 9.17) is 4.74 Å². The van der Waals surface area contributed by atoms with Gasteiger partial charge in [0.15, 0.2) is 0 Å². The van der Waals surface area contributed by atoms with E-state index in [0.29, 0.717) is 5.41 Å². The fourth-order valence-corrected chi connectivity index (χ4v) is 2.62. The maximum absolute atomic E-state index is 5.16. The van der Waals surface area contributed by atoms with Crippen molar-refractivity contribution in [3.8, 4) is 0 Å². The number of hydrogen-bond donors (Lipinski definition) is 0. The summed E-state index contributed by atoms with van der Waals surface area (Å²) in [6.45, 7) is 11.9. The average Bonchev–Trinajstić information content (AvgIpc) is 2.26. The lowest BCUT2D eigenvalue weighted by molar-refractivity contribution is 0.132. The highest BCUT2D eigenvalue weighted by Crippen LogP contribution is 2.23. The smallest absolute Gasteiger partial charge is 0.0464 e. The van der Waals surface area contributed by atoms with Crippen LogP contribution in [-0.4, -0.2) is 38.3 Å². The molecule has 0 amide bonds. The van der Waals surface area contributed by atoms with Crippen molar-refractivity contribution >= 4 is 0 Å². The lowest BCUT2D eigenvalue weighted by Gasteiger charge is -2.32. The number of likely N-dealkylation sites (tertiary alicyclic amines) is 1. The third-order valence-electron chi connectivity index (χ3n) is 3.84. The van der Waals surface area contributed by atoms with E-state index in [-0.39, 0.29) is 0 Å². The molecule has 1 aliphatic heterocycles. The molecule has 1 saturated heterocycles. The molecule has 2 nitrogen and oxygen atoms in total. The van der Waals surface area contributed by atoms with E-state index in [1.165, 1.54) is 51.7 Å². The van der Waals surface area contributed by atoms with Crippen LogP contribution in [-0.2, 0) is 4.74 Å². The molecule has 1 fully saturated rings. The molecule has 102 valence electrons. The first-order chi connectivity index (χ1) is 8.01. The third-order valence-corrected chi connectivity index (χ3v) is 3.84. The molecule has 0 saturated carbocycles. The highest BCUT2D eigenvalue weighted by molar-refractivity contribution is 4.73. The van der Waals surface area contributed by atoms with Gasteiger partial charge in [-0.1, -0.05) is 20.8 Å². The highest BCUT2D eigenvalue weighted by Gasteiger charge is 2.19. The molecule has 0 aliphatic carbocycles. The van der Waals surface area contributed by atoms with Crippen LogP contribution in [0.1, 0.15) is 52.9 Å². The van der Waals surface area contributed by atoms with Crippen molar-refractivity contribution in [2.45, 2.75) is 52.9 Å². The topological polar surface area (TPSA) is 12.5 Å². The second-order valence-corrected chi connectivity index (χ2v) is 6.73. The Kier molecular flexibility index (Phi) is 6.50.